The Morgan fingerprint density at radius 2 is 1.85 bits per heavy atom. The highest BCUT2D eigenvalue weighted by molar-refractivity contribution is 5.96. The lowest BCUT2D eigenvalue weighted by Gasteiger charge is -2.36. The van der Waals surface area contributed by atoms with Crippen LogP contribution in [0.5, 0.6) is 0 Å². The molecule has 47 heavy (non-hydrogen) atoms. The molecule has 254 valence electrons. The van der Waals surface area contributed by atoms with E-state index in [2.05, 4.69) is 20.8 Å². The van der Waals surface area contributed by atoms with Crippen LogP contribution in [0.15, 0.2) is 47.2 Å². The van der Waals surface area contributed by atoms with Gasteiger partial charge in [0.2, 0.25) is 11.7 Å². The van der Waals surface area contributed by atoms with Gasteiger partial charge in [0.25, 0.3) is 5.91 Å². The molecule has 5 rings (SSSR count). The molecule has 2 atom stereocenters. The molecule has 2 amide bonds. The van der Waals surface area contributed by atoms with Crippen molar-refractivity contribution in [1.29, 1.82) is 0 Å². The molecule has 0 bridgehead atoms. The Morgan fingerprint density at radius 1 is 1.11 bits per heavy atom. The average molecular weight is 662 g/mol. The molecule has 4 aromatic rings. The van der Waals surface area contributed by atoms with Crippen LogP contribution in [0.4, 0.5) is 28.0 Å². The minimum Gasteiger partial charge on any atom is -0.444 e. The average Bonchev–Trinajstić information content (AvgIpc) is 3.71. The van der Waals surface area contributed by atoms with E-state index in [1.54, 1.807) is 51.4 Å². The zero-order chi connectivity index (χ0) is 34.3. The van der Waals surface area contributed by atoms with Crippen molar-refractivity contribution in [1.82, 2.24) is 29.5 Å². The lowest BCUT2D eigenvalue weighted by Crippen LogP contribution is -2.51. The third kappa shape index (κ3) is 8.06. The fraction of sp³-hybridized carbons (Fsp3) is 0.500. The van der Waals surface area contributed by atoms with E-state index < -0.39 is 36.6 Å². The number of aromatic nitrogens is 4. The van der Waals surface area contributed by atoms with Crippen molar-refractivity contribution >= 4 is 28.6 Å². The van der Waals surface area contributed by atoms with E-state index in [4.69, 9.17) is 9.26 Å². The number of fused-ring (bicyclic) bond motifs is 1. The molecular weight excluding hydrogens is 622 g/mol. The Bertz CT molecular complexity index is 1750. The van der Waals surface area contributed by atoms with Crippen molar-refractivity contribution in [2.75, 3.05) is 18.4 Å². The summed E-state index contributed by atoms with van der Waals surface area (Å²) in [6.45, 7) is 9.77. The largest absolute Gasteiger partial charge is 0.444 e. The summed E-state index contributed by atoms with van der Waals surface area (Å²) in [6, 6.07) is 7.23. The van der Waals surface area contributed by atoms with E-state index in [0.29, 0.717) is 16.6 Å². The number of halogens is 4. The smallest absolute Gasteiger partial charge is 0.410 e. The standard InChI is InChI=1S/C32H39F4N7O4/c1-30(2,3)42-13-10-19(16-42)28(44)37-15-26-39-27(40-47-26)25-14-20-22(8-7-9-24(20)43(25)18-32(34,35)36)38-23-11-12-41(17-21(23)33)29(45)46-31(4,5)6/h7-10,13-14,16,21,23,38H,11-12,15,17-18H2,1-6H3,(H,37,44)/t21-,23+/m0/s1. The van der Waals surface area contributed by atoms with E-state index in [-0.39, 0.29) is 60.4 Å². The highest BCUT2D eigenvalue weighted by Crippen LogP contribution is 2.35. The van der Waals surface area contributed by atoms with Crippen LogP contribution in [0.2, 0.25) is 0 Å². The number of amides is 2. The summed E-state index contributed by atoms with van der Waals surface area (Å²) in [6.07, 6.45) is -2.87. The maximum absolute atomic E-state index is 15.3. The SMILES string of the molecule is CC(C)(C)OC(=O)N1CC[C@@H](Nc2cccc3c2cc(-c2noc(CNC(=O)c4ccn(C(C)(C)C)c4)n2)n3CC(F)(F)F)[C@@H](F)C1. The number of carbonyl (C=O) groups is 2. The van der Waals surface area contributed by atoms with Crippen LogP contribution in [0.25, 0.3) is 22.4 Å². The third-order valence-electron chi connectivity index (χ3n) is 7.64. The number of hydrogen-bond donors (Lipinski definition) is 2. The summed E-state index contributed by atoms with van der Waals surface area (Å²) in [5.41, 5.74) is 0.176. The first-order valence-electron chi connectivity index (χ1n) is 15.2. The molecule has 0 unspecified atom stereocenters. The molecule has 0 spiro atoms. The number of ether oxygens (including phenoxy) is 1. The maximum atomic E-state index is 15.3. The molecule has 1 aliphatic heterocycles. The summed E-state index contributed by atoms with van der Waals surface area (Å²) in [4.78, 5) is 30.7. The Morgan fingerprint density at radius 3 is 2.49 bits per heavy atom. The van der Waals surface area contributed by atoms with Crippen molar-refractivity contribution in [2.24, 2.45) is 0 Å². The van der Waals surface area contributed by atoms with Crippen LogP contribution in [-0.2, 0) is 23.4 Å². The predicted octanol–water partition coefficient (Wildman–Crippen LogP) is 6.50. The van der Waals surface area contributed by atoms with Crippen molar-refractivity contribution in [3.63, 3.8) is 0 Å². The topological polar surface area (TPSA) is 119 Å². The number of nitrogens with zero attached hydrogens (tertiary/aromatic N) is 5. The second kappa shape index (κ2) is 12.6. The van der Waals surface area contributed by atoms with Gasteiger partial charge >= 0.3 is 12.3 Å². The number of nitrogens with one attached hydrogen (secondary N) is 2. The van der Waals surface area contributed by atoms with E-state index in [9.17, 15) is 22.8 Å². The number of hydrogen-bond acceptors (Lipinski definition) is 7. The number of carbonyl (C=O) groups excluding carboxylic acids is 2. The Hall–Kier alpha value is -4.56. The molecule has 1 saturated heterocycles. The molecule has 4 heterocycles. The summed E-state index contributed by atoms with van der Waals surface area (Å²) in [5, 5.41) is 10.1. The van der Waals surface area contributed by atoms with Crippen molar-refractivity contribution in [3.05, 3.63) is 54.2 Å². The van der Waals surface area contributed by atoms with Gasteiger partial charge in [0, 0.05) is 35.6 Å². The van der Waals surface area contributed by atoms with E-state index in [1.807, 2.05) is 25.3 Å². The van der Waals surface area contributed by atoms with Crippen molar-refractivity contribution < 1.29 is 36.4 Å². The minimum atomic E-state index is -4.58. The van der Waals surface area contributed by atoms with Gasteiger partial charge in [-0.1, -0.05) is 11.2 Å². The first-order chi connectivity index (χ1) is 21.9. The fourth-order valence-corrected chi connectivity index (χ4v) is 5.34. The predicted molar refractivity (Wildman–Crippen MR) is 167 cm³/mol. The van der Waals surface area contributed by atoms with Gasteiger partial charge in [0.15, 0.2) is 0 Å². The molecule has 15 heteroatoms. The first kappa shape index (κ1) is 33.8. The summed E-state index contributed by atoms with van der Waals surface area (Å²) >= 11 is 0. The second-order valence-electron chi connectivity index (χ2n) is 13.6. The van der Waals surface area contributed by atoms with Crippen LogP contribution in [0.3, 0.4) is 0 Å². The van der Waals surface area contributed by atoms with E-state index in [0.717, 1.165) is 4.57 Å². The van der Waals surface area contributed by atoms with Crippen LogP contribution < -0.4 is 10.6 Å². The summed E-state index contributed by atoms with van der Waals surface area (Å²) < 4.78 is 70.2. The molecule has 11 nitrogen and oxygen atoms in total. The van der Waals surface area contributed by atoms with E-state index >= 15 is 4.39 Å². The van der Waals surface area contributed by atoms with Gasteiger partial charge in [-0.25, -0.2) is 9.18 Å². The van der Waals surface area contributed by atoms with Crippen LogP contribution >= 0.6 is 0 Å². The van der Waals surface area contributed by atoms with Gasteiger partial charge < -0.3 is 33.9 Å². The van der Waals surface area contributed by atoms with Crippen LogP contribution in [-0.4, -0.2) is 73.3 Å². The van der Waals surface area contributed by atoms with Gasteiger partial charge in [-0.3, -0.25) is 4.79 Å². The highest BCUT2D eigenvalue weighted by Gasteiger charge is 2.35. The Balaban J connectivity index is 1.35. The molecule has 1 aliphatic rings. The molecular formula is C32H39F4N7O4. The summed E-state index contributed by atoms with van der Waals surface area (Å²) in [5.74, 6) is -0.478. The minimum absolute atomic E-state index is 0.00258. The number of piperidine rings is 1. The molecule has 1 aromatic carbocycles. The number of rotatable bonds is 7. The van der Waals surface area contributed by atoms with Crippen molar-refractivity contribution in [3.8, 4) is 11.5 Å². The highest BCUT2D eigenvalue weighted by atomic mass is 19.4. The zero-order valence-electron chi connectivity index (χ0n) is 27.1. The molecule has 0 radical (unpaired) electrons. The Labute approximate surface area is 269 Å². The number of likely N-dealkylation sites (tertiary alicyclic amines) is 1. The molecule has 0 aliphatic carbocycles. The normalized spacial score (nSPS) is 17.6. The summed E-state index contributed by atoms with van der Waals surface area (Å²) in [7, 11) is 0. The van der Waals surface area contributed by atoms with Gasteiger partial charge in [-0.05, 0) is 72.2 Å². The third-order valence-corrected chi connectivity index (χ3v) is 7.64. The van der Waals surface area contributed by atoms with Crippen LogP contribution in [0.1, 0.15) is 64.2 Å². The Kier molecular flexibility index (Phi) is 9.03. The van der Waals surface area contributed by atoms with Gasteiger partial charge in [-0.2, -0.15) is 18.2 Å². The molecule has 1 fully saturated rings. The van der Waals surface area contributed by atoms with Gasteiger partial charge in [0.1, 0.15) is 18.3 Å². The van der Waals surface area contributed by atoms with Crippen LogP contribution in [0, 0.1) is 0 Å². The van der Waals surface area contributed by atoms with Gasteiger partial charge in [-0.15, -0.1) is 0 Å². The number of benzene rings is 1. The van der Waals surface area contributed by atoms with Gasteiger partial charge in [0.05, 0.1) is 35.9 Å². The maximum Gasteiger partial charge on any atom is 0.410 e. The lowest BCUT2D eigenvalue weighted by molar-refractivity contribution is -0.139. The van der Waals surface area contributed by atoms with E-state index in [1.165, 1.54) is 17.0 Å². The molecule has 2 N–H and O–H groups in total. The van der Waals surface area contributed by atoms with Crippen molar-refractivity contribution in [2.45, 2.75) is 90.6 Å². The molecule has 3 aromatic heterocycles. The lowest BCUT2D eigenvalue weighted by atomic mass is 10.0. The fourth-order valence-electron chi connectivity index (χ4n) is 5.34. The molecule has 0 saturated carbocycles. The first-order valence-corrected chi connectivity index (χ1v) is 15.2. The number of anilines is 1. The zero-order valence-corrected chi connectivity index (χ0v) is 27.1. The second-order valence-corrected chi connectivity index (χ2v) is 13.6. The number of alkyl halides is 4. The quantitative estimate of drug-likeness (QED) is 0.217. The monoisotopic (exact) mass is 661 g/mol.